The Morgan fingerprint density at radius 1 is 1.15 bits per heavy atom. The lowest BCUT2D eigenvalue weighted by Gasteiger charge is -2.16. The van der Waals surface area contributed by atoms with Gasteiger partial charge in [0.15, 0.2) is 0 Å². The average molecular weight is 274 g/mol. The van der Waals surface area contributed by atoms with Crippen molar-refractivity contribution in [1.29, 1.82) is 0 Å². The minimum atomic E-state index is 0.625. The minimum absolute atomic E-state index is 0.625. The summed E-state index contributed by atoms with van der Waals surface area (Å²) in [6.07, 6.45) is 5.35. The van der Waals surface area contributed by atoms with E-state index < -0.39 is 0 Å². The molecule has 1 aliphatic rings. The third kappa shape index (κ3) is 5.26. The summed E-state index contributed by atoms with van der Waals surface area (Å²) in [7, 11) is 0. The second-order valence-electron chi connectivity index (χ2n) is 6.37. The molecule has 1 heterocycles. The summed E-state index contributed by atoms with van der Waals surface area (Å²) in [5.41, 5.74) is 1.52. The van der Waals surface area contributed by atoms with Crippen LogP contribution < -0.4 is 5.32 Å². The van der Waals surface area contributed by atoms with Crippen LogP contribution in [0.25, 0.3) is 0 Å². The Hall–Kier alpha value is -0.860. The van der Waals surface area contributed by atoms with E-state index in [0.29, 0.717) is 6.04 Å². The summed E-state index contributed by atoms with van der Waals surface area (Å²) < 4.78 is 0. The van der Waals surface area contributed by atoms with E-state index in [1.807, 2.05) is 0 Å². The molecule has 0 bridgehead atoms. The van der Waals surface area contributed by atoms with E-state index in [9.17, 15) is 0 Å². The van der Waals surface area contributed by atoms with Crippen LogP contribution in [0.5, 0.6) is 0 Å². The molecule has 1 aliphatic heterocycles. The fourth-order valence-electron chi connectivity index (χ4n) is 3.06. The van der Waals surface area contributed by atoms with Crippen molar-refractivity contribution in [3.8, 4) is 0 Å². The summed E-state index contributed by atoms with van der Waals surface area (Å²) in [5.74, 6) is 0.763. The number of unbranched alkanes of at least 4 members (excludes halogenated alkanes) is 2. The van der Waals surface area contributed by atoms with Gasteiger partial charge < -0.3 is 10.2 Å². The van der Waals surface area contributed by atoms with Crippen LogP contribution in [0.15, 0.2) is 30.3 Å². The molecule has 0 aromatic heterocycles. The quantitative estimate of drug-likeness (QED) is 0.728. The summed E-state index contributed by atoms with van der Waals surface area (Å²) >= 11 is 0. The monoisotopic (exact) mass is 274 g/mol. The number of nitrogens with one attached hydrogen (secondary N) is 1. The van der Waals surface area contributed by atoms with Crippen molar-refractivity contribution >= 4 is 0 Å². The molecular formula is C18H30N2. The second kappa shape index (κ2) is 8.43. The molecule has 0 radical (unpaired) electrons. The Labute approximate surface area is 124 Å². The van der Waals surface area contributed by atoms with E-state index in [0.717, 1.165) is 5.92 Å². The van der Waals surface area contributed by atoms with E-state index >= 15 is 0 Å². The van der Waals surface area contributed by atoms with Crippen molar-refractivity contribution in [1.82, 2.24) is 10.2 Å². The van der Waals surface area contributed by atoms with Crippen molar-refractivity contribution in [2.75, 3.05) is 26.2 Å². The number of benzene rings is 1. The Kier molecular flexibility index (Phi) is 6.55. The number of likely N-dealkylation sites (tertiary alicyclic amines) is 1. The maximum atomic E-state index is 3.49. The highest BCUT2D eigenvalue weighted by molar-refractivity contribution is 5.20. The summed E-state index contributed by atoms with van der Waals surface area (Å²) in [6, 6.07) is 11.6. The molecule has 1 atom stereocenters. The Balaban J connectivity index is 1.57. The van der Waals surface area contributed by atoms with Gasteiger partial charge in [-0.3, -0.25) is 0 Å². The summed E-state index contributed by atoms with van der Waals surface area (Å²) in [4.78, 5) is 2.65. The molecule has 2 nitrogen and oxygen atoms in total. The van der Waals surface area contributed by atoms with Crippen LogP contribution in [0.1, 0.15) is 51.0 Å². The zero-order valence-electron chi connectivity index (χ0n) is 13.1. The molecule has 0 amide bonds. The smallest absolute Gasteiger partial charge is 0.00507 e. The van der Waals surface area contributed by atoms with E-state index in [4.69, 9.17) is 0 Å². The van der Waals surface area contributed by atoms with Crippen LogP contribution in [-0.2, 0) is 0 Å². The van der Waals surface area contributed by atoms with Crippen LogP contribution in [0.4, 0.5) is 0 Å². The van der Waals surface area contributed by atoms with Crippen molar-refractivity contribution in [2.45, 2.75) is 51.5 Å². The fraction of sp³-hybridized carbons (Fsp3) is 0.667. The van der Waals surface area contributed by atoms with Gasteiger partial charge in [0, 0.05) is 12.6 Å². The predicted molar refractivity (Wildman–Crippen MR) is 87.2 cm³/mol. The number of hydrogen-bond acceptors (Lipinski definition) is 2. The fourth-order valence-corrected chi connectivity index (χ4v) is 3.06. The van der Waals surface area contributed by atoms with Gasteiger partial charge >= 0.3 is 0 Å². The highest BCUT2D eigenvalue weighted by Crippen LogP contribution is 2.26. The molecule has 112 valence electrons. The summed E-state index contributed by atoms with van der Waals surface area (Å²) in [6.45, 7) is 9.43. The van der Waals surface area contributed by atoms with E-state index in [1.54, 1.807) is 0 Å². The lowest BCUT2D eigenvalue weighted by atomic mass is 9.99. The average Bonchev–Trinajstić information content (AvgIpc) is 2.92. The van der Waals surface area contributed by atoms with Gasteiger partial charge in [-0.25, -0.2) is 0 Å². The Morgan fingerprint density at radius 2 is 1.95 bits per heavy atom. The minimum Gasteiger partial charge on any atom is -0.315 e. The first-order chi connectivity index (χ1) is 9.75. The van der Waals surface area contributed by atoms with Gasteiger partial charge in [-0.05, 0) is 50.4 Å². The van der Waals surface area contributed by atoms with Gasteiger partial charge in [0.1, 0.15) is 0 Å². The van der Waals surface area contributed by atoms with Crippen molar-refractivity contribution in [3.63, 3.8) is 0 Å². The van der Waals surface area contributed by atoms with Crippen molar-refractivity contribution in [2.24, 2.45) is 0 Å². The van der Waals surface area contributed by atoms with Crippen LogP contribution >= 0.6 is 0 Å². The molecule has 0 aliphatic carbocycles. The highest BCUT2D eigenvalue weighted by Gasteiger charge is 2.22. The van der Waals surface area contributed by atoms with Crippen LogP contribution in [0.3, 0.4) is 0 Å². The molecule has 1 aromatic rings. The molecule has 20 heavy (non-hydrogen) atoms. The molecule has 1 N–H and O–H groups in total. The maximum Gasteiger partial charge on any atom is 0.00507 e. The van der Waals surface area contributed by atoms with Gasteiger partial charge in [-0.1, -0.05) is 50.6 Å². The topological polar surface area (TPSA) is 15.3 Å². The molecule has 1 unspecified atom stereocenters. The zero-order valence-corrected chi connectivity index (χ0v) is 13.1. The van der Waals surface area contributed by atoms with E-state index in [2.05, 4.69) is 54.4 Å². The normalized spacial score (nSPS) is 19.9. The third-order valence-electron chi connectivity index (χ3n) is 4.25. The molecule has 0 saturated carbocycles. The van der Waals surface area contributed by atoms with Crippen LogP contribution in [-0.4, -0.2) is 37.1 Å². The van der Waals surface area contributed by atoms with Crippen LogP contribution in [0, 0.1) is 0 Å². The highest BCUT2D eigenvalue weighted by atomic mass is 15.1. The molecule has 1 fully saturated rings. The van der Waals surface area contributed by atoms with E-state index in [1.165, 1.54) is 57.4 Å². The van der Waals surface area contributed by atoms with Crippen molar-refractivity contribution in [3.05, 3.63) is 35.9 Å². The molecular weight excluding hydrogens is 244 g/mol. The second-order valence-corrected chi connectivity index (χ2v) is 6.37. The summed E-state index contributed by atoms with van der Waals surface area (Å²) in [5, 5.41) is 3.49. The number of nitrogens with zero attached hydrogens (tertiary/aromatic N) is 1. The lowest BCUT2D eigenvalue weighted by molar-refractivity contribution is 0.323. The van der Waals surface area contributed by atoms with Gasteiger partial charge in [-0.15, -0.1) is 0 Å². The largest absolute Gasteiger partial charge is 0.315 e. The van der Waals surface area contributed by atoms with Gasteiger partial charge in [0.05, 0.1) is 0 Å². The lowest BCUT2D eigenvalue weighted by Crippen LogP contribution is -2.24. The van der Waals surface area contributed by atoms with Gasteiger partial charge in [0.2, 0.25) is 0 Å². The predicted octanol–water partition coefficient (Wildman–Crippen LogP) is 3.64. The number of rotatable bonds is 8. The number of hydrogen-bond donors (Lipinski definition) is 1. The van der Waals surface area contributed by atoms with Crippen LogP contribution in [0.2, 0.25) is 0 Å². The third-order valence-corrected chi connectivity index (χ3v) is 4.25. The maximum absolute atomic E-state index is 3.49. The van der Waals surface area contributed by atoms with Gasteiger partial charge in [-0.2, -0.15) is 0 Å². The first kappa shape index (κ1) is 15.5. The molecule has 0 spiro atoms. The molecule has 2 heteroatoms. The van der Waals surface area contributed by atoms with Crippen molar-refractivity contribution < 1.29 is 0 Å². The SMILES string of the molecule is CC(C)NCCCCCN1CCC(c2ccccc2)C1. The Bertz CT molecular complexity index is 361. The first-order valence-electron chi connectivity index (χ1n) is 8.26. The standard InChI is InChI=1S/C18H30N2/c1-16(2)19-12-7-4-8-13-20-14-11-18(15-20)17-9-5-3-6-10-17/h3,5-6,9-10,16,18-19H,4,7-8,11-15H2,1-2H3. The van der Waals surface area contributed by atoms with E-state index in [-0.39, 0.29) is 0 Å². The first-order valence-corrected chi connectivity index (χ1v) is 8.26. The molecule has 1 saturated heterocycles. The Morgan fingerprint density at radius 3 is 2.70 bits per heavy atom. The zero-order chi connectivity index (χ0) is 14.2. The van der Waals surface area contributed by atoms with Gasteiger partial charge in [0.25, 0.3) is 0 Å². The molecule has 2 rings (SSSR count). The molecule has 1 aromatic carbocycles.